The molecule has 0 unspecified atom stereocenters. The number of anilines is 1. The molecule has 0 saturated carbocycles. The van der Waals surface area contributed by atoms with Gasteiger partial charge in [-0.25, -0.2) is 0 Å². The van der Waals surface area contributed by atoms with Gasteiger partial charge in [-0.2, -0.15) is 0 Å². The van der Waals surface area contributed by atoms with E-state index >= 15 is 0 Å². The maximum absolute atomic E-state index is 12.7. The van der Waals surface area contributed by atoms with Crippen LogP contribution in [0.5, 0.6) is 0 Å². The summed E-state index contributed by atoms with van der Waals surface area (Å²) in [5.74, 6) is -0.304. The summed E-state index contributed by atoms with van der Waals surface area (Å²) in [6.07, 6.45) is 2.25. The van der Waals surface area contributed by atoms with E-state index in [1.54, 1.807) is 34.1 Å². The van der Waals surface area contributed by atoms with Gasteiger partial charge in [-0.3, -0.25) is 9.78 Å². The SMILES string of the molecule is CO[C@H]1CN(c2ccc(C(C)(C)O)nc2)CC[C@H]1NC(=O)c1[nH]c(C)c(Cl)c1Cl. The smallest absolute Gasteiger partial charge is 0.269 e. The van der Waals surface area contributed by atoms with Gasteiger partial charge in [0, 0.05) is 25.9 Å². The first-order valence-electron chi connectivity index (χ1n) is 9.43. The number of H-pyrrole nitrogens is 1. The van der Waals surface area contributed by atoms with Crippen molar-refractivity contribution in [3.05, 3.63) is 45.5 Å². The van der Waals surface area contributed by atoms with Crippen LogP contribution in [0, 0.1) is 6.92 Å². The summed E-state index contributed by atoms with van der Waals surface area (Å²) in [6.45, 7) is 6.50. The van der Waals surface area contributed by atoms with Crippen molar-refractivity contribution in [3.8, 4) is 0 Å². The molecule has 2 aromatic rings. The van der Waals surface area contributed by atoms with Crippen molar-refractivity contribution in [2.45, 2.75) is 44.9 Å². The second-order valence-electron chi connectivity index (χ2n) is 7.80. The minimum atomic E-state index is -0.981. The monoisotopic (exact) mass is 440 g/mol. The molecule has 3 heterocycles. The number of nitrogens with one attached hydrogen (secondary N) is 2. The molecule has 1 saturated heterocycles. The van der Waals surface area contributed by atoms with Crippen LogP contribution in [0.25, 0.3) is 0 Å². The Balaban J connectivity index is 1.68. The lowest BCUT2D eigenvalue weighted by Crippen LogP contribution is -2.55. The third kappa shape index (κ3) is 4.69. The maximum atomic E-state index is 12.7. The largest absolute Gasteiger partial charge is 0.384 e. The van der Waals surface area contributed by atoms with Crippen molar-refractivity contribution < 1.29 is 14.6 Å². The third-order valence-electron chi connectivity index (χ3n) is 5.20. The molecule has 3 rings (SSSR count). The summed E-state index contributed by atoms with van der Waals surface area (Å²) >= 11 is 12.2. The van der Waals surface area contributed by atoms with Crippen molar-refractivity contribution in [1.82, 2.24) is 15.3 Å². The molecule has 0 aliphatic carbocycles. The maximum Gasteiger partial charge on any atom is 0.269 e. The van der Waals surface area contributed by atoms with Crippen LogP contribution in [0.3, 0.4) is 0 Å². The number of hydrogen-bond acceptors (Lipinski definition) is 5. The van der Waals surface area contributed by atoms with Crippen molar-refractivity contribution in [3.63, 3.8) is 0 Å². The first-order valence-corrected chi connectivity index (χ1v) is 10.2. The van der Waals surface area contributed by atoms with E-state index in [2.05, 4.69) is 20.2 Å². The number of aliphatic hydroxyl groups is 1. The molecule has 1 amide bonds. The average Bonchev–Trinajstić information content (AvgIpc) is 2.95. The van der Waals surface area contributed by atoms with E-state index in [9.17, 15) is 9.90 Å². The van der Waals surface area contributed by atoms with E-state index in [0.717, 1.165) is 12.2 Å². The highest BCUT2D eigenvalue weighted by Crippen LogP contribution is 2.29. The molecule has 1 fully saturated rings. The van der Waals surface area contributed by atoms with E-state index in [-0.39, 0.29) is 28.8 Å². The van der Waals surface area contributed by atoms with Crippen molar-refractivity contribution in [1.29, 1.82) is 0 Å². The van der Waals surface area contributed by atoms with Crippen molar-refractivity contribution >= 4 is 34.8 Å². The fourth-order valence-corrected chi connectivity index (χ4v) is 3.88. The predicted octanol–water partition coefficient (Wildman–Crippen LogP) is 3.28. The second kappa shape index (κ2) is 8.52. The van der Waals surface area contributed by atoms with E-state index in [1.165, 1.54) is 0 Å². The quantitative estimate of drug-likeness (QED) is 0.663. The van der Waals surface area contributed by atoms with Gasteiger partial charge in [0.2, 0.25) is 0 Å². The molecule has 29 heavy (non-hydrogen) atoms. The minimum Gasteiger partial charge on any atom is -0.384 e. The van der Waals surface area contributed by atoms with Crippen molar-refractivity contribution in [2.75, 3.05) is 25.1 Å². The van der Waals surface area contributed by atoms with Gasteiger partial charge in [-0.15, -0.1) is 0 Å². The number of rotatable bonds is 5. The molecule has 158 valence electrons. The number of ether oxygens (including phenoxy) is 1. The van der Waals surface area contributed by atoms with Gasteiger partial charge < -0.3 is 25.0 Å². The summed E-state index contributed by atoms with van der Waals surface area (Å²) in [5.41, 5.74) is 1.49. The van der Waals surface area contributed by atoms with Crippen LogP contribution in [-0.2, 0) is 10.3 Å². The van der Waals surface area contributed by atoms with Crippen molar-refractivity contribution in [2.24, 2.45) is 0 Å². The summed E-state index contributed by atoms with van der Waals surface area (Å²) < 4.78 is 5.64. The Bertz CT molecular complexity index is 877. The Morgan fingerprint density at radius 2 is 2.10 bits per heavy atom. The number of halogens is 2. The van der Waals surface area contributed by atoms with Crippen LogP contribution in [-0.4, -0.2) is 53.3 Å². The highest BCUT2D eigenvalue weighted by atomic mass is 35.5. The fraction of sp³-hybridized carbons (Fsp3) is 0.500. The number of pyridine rings is 1. The molecule has 2 aromatic heterocycles. The predicted molar refractivity (Wildman–Crippen MR) is 114 cm³/mol. The first kappa shape index (κ1) is 21.9. The second-order valence-corrected chi connectivity index (χ2v) is 8.56. The fourth-order valence-electron chi connectivity index (χ4n) is 3.46. The molecular weight excluding hydrogens is 415 g/mol. The first-order chi connectivity index (χ1) is 13.6. The number of aromatic amines is 1. The summed E-state index contributed by atoms with van der Waals surface area (Å²) in [7, 11) is 1.63. The number of piperidine rings is 1. The molecule has 0 spiro atoms. The molecule has 7 nitrogen and oxygen atoms in total. The van der Waals surface area contributed by atoms with E-state index in [1.807, 2.05) is 12.1 Å². The van der Waals surface area contributed by atoms with Gasteiger partial charge in [0.25, 0.3) is 5.91 Å². The molecular formula is C20H26Cl2N4O3. The Morgan fingerprint density at radius 3 is 2.62 bits per heavy atom. The van der Waals surface area contributed by atoms with E-state index < -0.39 is 5.60 Å². The van der Waals surface area contributed by atoms with Crippen LogP contribution in [0.1, 0.15) is 42.1 Å². The molecule has 3 N–H and O–H groups in total. The Morgan fingerprint density at radius 1 is 1.38 bits per heavy atom. The van der Waals surface area contributed by atoms with Gasteiger partial charge in [0.1, 0.15) is 11.3 Å². The van der Waals surface area contributed by atoms with Gasteiger partial charge in [-0.05, 0) is 39.3 Å². The highest BCUT2D eigenvalue weighted by Gasteiger charge is 2.32. The summed E-state index contributed by atoms with van der Waals surface area (Å²) in [5, 5.41) is 13.7. The lowest BCUT2D eigenvalue weighted by atomic mass is 10.0. The number of nitrogens with zero attached hydrogens (tertiary/aromatic N) is 2. The zero-order valence-electron chi connectivity index (χ0n) is 16.9. The molecule has 1 aliphatic rings. The molecule has 0 radical (unpaired) electrons. The lowest BCUT2D eigenvalue weighted by molar-refractivity contribution is 0.0540. The molecule has 1 aliphatic heterocycles. The zero-order valence-corrected chi connectivity index (χ0v) is 18.4. The number of amides is 1. The summed E-state index contributed by atoms with van der Waals surface area (Å²) in [6, 6.07) is 3.60. The number of aromatic nitrogens is 2. The van der Waals surface area contributed by atoms with Crippen LogP contribution < -0.4 is 10.2 Å². The van der Waals surface area contributed by atoms with E-state index in [0.29, 0.717) is 29.4 Å². The number of carbonyl (C=O) groups is 1. The van der Waals surface area contributed by atoms with Crippen LogP contribution >= 0.6 is 23.2 Å². The Labute approximate surface area is 180 Å². The van der Waals surface area contributed by atoms with Gasteiger partial charge in [-0.1, -0.05) is 23.2 Å². The Kier molecular flexibility index (Phi) is 6.43. The van der Waals surface area contributed by atoms with Gasteiger partial charge in [0.15, 0.2) is 0 Å². The van der Waals surface area contributed by atoms with Gasteiger partial charge in [0.05, 0.1) is 39.8 Å². The number of methoxy groups -OCH3 is 1. The number of carbonyl (C=O) groups excluding carboxylic acids is 1. The zero-order chi connectivity index (χ0) is 21.3. The third-order valence-corrected chi connectivity index (χ3v) is 6.15. The van der Waals surface area contributed by atoms with E-state index in [4.69, 9.17) is 27.9 Å². The molecule has 0 aromatic carbocycles. The summed E-state index contributed by atoms with van der Waals surface area (Å²) in [4.78, 5) is 22.1. The van der Waals surface area contributed by atoms with Crippen LogP contribution in [0.15, 0.2) is 18.3 Å². The molecule has 0 bridgehead atoms. The van der Waals surface area contributed by atoms with Gasteiger partial charge >= 0.3 is 0 Å². The minimum absolute atomic E-state index is 0.161. The topological polar surface area (TPSA) is 90.5 Å². The standard InChI is InChI=1S/C20H26Cl2N4O3/c1-11-16(21)17(22)18(24-11)19(27)25-13-7-8-26(10-14(13)29-4)12-5-6-15(23-9-12)20(2,3)28/h5-6,9,13-14,24,28H,7-8,10H2,1-4H3,(H,25,27)/t13-,14+/m1/s1. The normalized spacial score (nSPS) is 20.0. The lowest BCUT2D eigenvalue weighted by Gasteiger charge is -2.39. The number of hydrogen-bond donors (Lipinski definition) is 3. The molecule has 9 heteroatoms. The van der Waals surface area contributed by atoms with Crippen LogP contribution in [0.4, 0.5) is 5.69 Å². The Hall–Kier alpha value is -1.80. The highest BCUT2D eigenvalue weighted by molar-refractivity contribution is 6.44. The molecule has 2 atom stereocenters. The average molecular weight is 441 g/mol. The number of aryl methyl sites for hydroxylation is 1. The van der Waals surface area contributed by atoms with Crippen LogP contribution in [0.2, 0.25) is 10.0 Å².